The van der Waals surface area contributed by atoms with Crippen LogP contribution in [0.2, 0.25) is 0 Å². The molecule has 0 aliphatic carbocycles. The Bertz CT molecular complexity index is 1530. The Morgan fingerprint density at radius 2 is 2.00 bits per heavy atom. The number of aliphatic hydroxyl groups is 1. The lowest BCUT2D eigenvalue weighted by Crippen LogP contribution is -2.44. The summed E-state index contributed by atoms with van der Waals surface area (Å²) >= 11 is 0. The Balaban J connectivity index is 1.42. The third-order valence-electron chi connectivity index (χ3n) is 7.79. The van der Waals surface area contributed by atoms with E-state index in [1.54, 1.807) is 23.0 Å². The summed E-state index contributed by atoms with van der Waals surface area (Å²) in [6.45, 7) is 2.94. The molecule has 212 valence electrons. The molecule has 5 rings (SSSR count). The molecule has 0 saturated carbocycles. The summed E-state index contributed by atoms with van der Waals surface area (Å²) in [5.74, 6) is -0.353. The fraction of sp³-hybridized carbons (Fsp3) is 0.448. The normalized spacial score (nSPS) is 17.2. The number of esters is 1. The molecule has 40 heavy (non-hydrogen) atoms. The highest BCUT2D eigenvalue weighted by Gasteiger charge is 2.45. The smallest absolute Gasteiger partial charge is 0.343 e. The Morgan fingerprint density at radius 3 is 2.75 bits per heavy atom. The Kier molecular flexibility index (Phi) is 7.88. The quantitative estimate of drug-likeness (QED) is 0.0956. The van der Waals surface area contributed by atoms with Gasteiger partial charge in [-0.1, -0.05) is 19.8 Å². The van der Waals surface area contributed by atoms with E-state index in [1.807, 2.05) is 25.2 Å². The SMILES string of the molecule is CCC1(O)C(=O)OCc2c1cc1n(c2=O)Cc2cc3c(CNC)c(OCCCCCCC(=O)NO)ccc3nc2-1. The van der Waals surface area contributed by atoms with Crippen molar-refractivity contribution in [3.05, 3.63) is 56.9 Å². The summed E-state index contributed by atoms with van der Waals surface area (Å²) in [5, 5.41) is 23.8. The first-order chi connectivity index (χ1) is 19.3. The molecule has 4 N–H and O–H groups in total. The van der Waals surface area contributed by atoms with Gasteiger partial charge < -0.3 is 24.5 Å². The molecule has 3 aromatic rings. The predicted molar refractivity (Wildman–Crippen MR) is 146 cm³/mol. The molecule has 0 bridgehead atoms. The van der Waals surface area contributed by atoms with Crippen molar-refractivity contribution in [1.82, 2.24) is 20.3 Å². The van der Waals surface area contributed by atoms with Gasteiger partial charge in [-0.05, 0) is 50.6 Å². The van der Waals surface area contributed by atoms with Crippen molar-refractivity contribution < 1.29 is 29.4 Å². The third kappa shape index (κ3) is 4.85. The number of carbonyl (C=O) groups is 2. The van der Waals surface area contributed by atoms with Crippen LogP contribution >= 0.6 is 0 Å². The molecule has 0 saturated heterocycles. The number of unbranched alkanes of at least 4 members (excludes halogenated alkanes) is 3. The molecule has 1 atom stereocenters. The lowest BCUT2D eigenvalue weighted by Gasteiger charge is -2.31. The number of benzene rings is 1. The number of amides is 1. The number of cyclic esters (lactones) is 1. The molecule has 1 aromatic carbocycles. The van der Waals surface area contributed by atoms with Crippen LogP contribution in [-0.4, -0.2) is 45.4 Å². The van der Waals surface area contributed by atoms with Crippen LogP contribution in [0.4, 0.5) is 0 Å². The minimum absolute atomic E-state index is 0.0940. The number of hydrogen-bond donors (Lipinski definition) is 4. The van der Waals surface area contributed by atoms with E-state index in [1.165, 1.54) is 0 Å². The first kappa shape index (κ1) is 27.8. The summed E-state index contributed by atoms with van der Waals surface area (Å²) in [6, 6.07) is 7.56. The maximum absolute atomic E-state index is 13.4. The summed E-state index contributed by atoms with van der Waals surface area (Å²) in [5.41, 5.74) is 3.93. The van der Waals surface area contributed by atoms with Crippen LogP contribution in [0.3, 0.4) is 0 Å². The summed E-state index contributed by atoms with van der Waals surface area (Å²) in [4.78, 5) is 41.9. The predicted octanol–water partition coefficient (Wildman–Crippen LogP) is 2.63. The molecule has 4 heterocycles. The van der Waals surface area contributed by atoms with E-state index in [9.17, 15) is 19.5 Å². The summed E-state index contributed by atoms with van der Waals surface area (Å²) < 4.78 is 12.9. The highest BCUT2D eigenvalue weighted by Crippen LogP contribution is 2.39. The van der Waals surface area contributed by atoms with Crippen LogP contribution in [0, 0.1) is 0 Å². The van der Waals surface area contributed by atoms with Crippen molar-refractivity contribution in [3.8, 4) is 17.1 Å². The van der Waals surface area contributed by atoms with Crippen LogP contribution < -0.4 is 21.1 Å². The van der Waals surface area contributed by atoms with E-state index >= 15 is 0 Å². The van der Waals surface area contributed by atoms with Gasteiger partial charge in [-0.3, -0.25) is 14.8 Å². The van der Waals surface area contributed by atoms with Crippen LogP contribution in [0.15, 0.2) is 29.1 Å². The number of carbonyl (C=O) groups excluding carboxylic acids is 2. The fourth-order valence-electron chi connectivity index (χ4n) is 5.56. The Hall–Kier alpha value is -3.80. The fourth-order valence-corrected chi connectivity index (χ4v) is 5.56. The van der Waals surface area contributed by atoms with E-state index in [0.29, 0.717) is 55.1 Å². The molecule has 0 spiro atoms. The number of hydrogen-bond acceptors (Lipinski definition) is 9. The maximum Gasteiger partial charge on any atom is 0.343 e. The number of aromatic nitrogens is 2. The second-order valence-electron chi connectivity index (χ2n) is 10.3. The first-order valence-corrected chi connectivity index (χ1v) is 13.6. The van der Waals surface area contributed by atoms with Gasteiger partial charge in [0.2, 0.25) is 5.91 Å². The summed E-state index contributed by atoms with van der Waals surface area (Å²) in [6.07, 6.45) is 3.71. The zero-order valence-electron chi connectivity index (χ0n) is 22.7. The van der Waals surface area contributed by atoms with Crippen LogP contribution in [0.25, 0.3) is 22.3 Å². The Labute approximate surface area is 231 Å². The van der Waals surface area contributed by atoms with Gasteiger partial charge in [-0.25, -0.2) is 15.3 Å². The van der Waals surface area contributed by atoms with E-state index < -0.39 is 11.6 Å². The maximum atomic E-state index is 13.4. The number of nitrogens with zero attached hydrogens (tertiary/aromatic N) is 2. The number of nitrogens with one attached hydrogen (secondary N) is 2. The lowest BCUT2D eigenvalue weighted by molar-refractivity contribution is -0.172. The number of ether oxygens (including phenoxy) is 2. The van der Waals surface area contributed by atoms with Gasteiger partial charge in [0, 0.05) is 35.0 Å². The van der Waals surface area contributed by atoms with Crippen LogP contribution in [0.5, 0.6) is 5.75 Å². The number of fused-ring (bicyclic) bond motifs is 5. The van der Waals surface area contributed by atoms with E-state index in [0.717, 1.165) is 47.0 Å². The standard InChI is InChI=1S/C29H34N4O7/c1-3-29(37)21-13-23-26-17(15-33(23)27(35)20(21)16-40-28(29)36)12-18-19(14-30-2)24(10-9-22(18)31-26)39-11-7-5-4-6-8-25(34)32-38/h9-10,12-13,30,37-38H,3-8,11,14-16H2,1-2H3,(H,32,34). The zero-order valence-corrected chi connectivity index (χ0v) is 22.7. The molecule has 2 aliphatic rings. The number of pyridine rings is 2. The van der Waals surface area contributed by atoms with Crippen molar-refractivity contribution in [3.63, 3.8) is 0 Å². The molecule has 1 amide bonds. The minimum Gasteiger partial charge on any atom is -0.493 e. The summed E-state index contributed by atoms with van der Waals surface area (Å²) in [7, 11) is 1.87. The van der Waals surface area contributed by atoms with Gasteiger partial charge in [0.05, 0.1) is 35.6 Å². The average molecular weight is 551 g/mol. The largest absolute Gasteiger partial charge is 0.493 e. The molecule has 11 nitrogen and oxygen atoms in total. The van der Waals surface area contributed by atoms with Crippen molar-refractivity contribution >= 4 is 22.8 Å². The first-order valence-electron chi connectivity index (χ1n) is 13.6. The molecular weight excluding hydrogens is 516 g/mol. The number of hydroxylamine groups is 1. The zero-order chi connectivity index (χ0) is 28.4. The van der Waals surface area contributed by atoms with Crippen LogP contribution in [-0.2, 0) is 39.6 Å². The van der Waals surface area contributed by atoms with Gasteiger partial charge in [0.25, 0.3) is 5.56 Å². The topological polar surface area (TPSA) is 152 Å². The Morgan fingerprint density at radius 1 is 1.20 bits per heavy atom. The van der Waals surface area contributed by atoms with E-state index in [2.05, 4.69) is 5.32 Å². The average Bonchev–Trinajstić information content (AvgIpc) is 3.32. The van der Waals surface area contributed by atoms with Crippen molar-refractivity contribution in [1.29, 1.82) is 0 Å². The van der Waals surface area contributed by atoms with Gasteiger partial charge in [0.1, 0.15) is 12.4 Å². The molecule has 2 aromatic heterocycles. The monoisotopic (exact) mass is 550 g/mol. The third-order valence-corrected chi connectivity index (χ3v) is 7.79. The second kappa shape index (κ2) is 11.4. The van der Waals surface area contributed by atoms with Crippen LogP contribution in [0.1, 0.15) is 67.7 Å². The molecular formula is C29H34N4O7. The molecule has 0 radical (unpaired) electrons. The molecule has 0 fully saturated rings. The second-order valence-corrected chi connectivity index (χ2v) is 10.3. The molecule has 1 unspecified atom stereocenters. The van der Waals surface area contributed by atoms with Crippen molar-refractivity contribution in [2.24, 2.45) is 0 Å². The van der Waals surface area contributed by atoms with Gasteiger partial charge in [-0.2, -0.15) is 0 Å². The highest BCUT2D eigenvalue weighted by molar-refractivity contribution is 5.89. The van der Waals surface area contributed by atoms with Gasteiger partial charge in [-0.15, -0.1) is 0 Å². The van der Waals surface area contributed by atoms with Crippen molar-refractivity contribution in [2.75, 3.05) is 13.7 Å². The van der Waals surface area contributed by atoms with E-state index in [4.69, 9.17) is 19.7 Å². The van der Waals surface area contributed by atoms with Crippen molar-refractivity contribution in [2.45, 2.75) is 70.7 Å². The number of rotatable bonds is 11. The lowest BCUT2D eigenvalue weighted by atomic mass is 9.86. The van der Waals surface area contributed by atoms with E-state index in [-0.39, 0.29) is 24.5 Å². The van der Waals surface area contributed by atoms with Gasteiger partial charge in [0.15, 0.2) is 5.60 Å². The highest BCUT2D eigenvalue weighted by atomic mass is 16.6. The minimum atomic E-state index is -1.86. The molecule has 11 heteroatoms. The molecule has 2 aliphatic heterocycles. The van der Waals surface area contributed by atoms with Gasteiger partial charge >= 0.3 is 5.97 Å².